The number of nitrogens with zero attached hydrogens (tertiary/aromatic N) is 2. The Morgan fingerprint density at radius 1 is 1.86 bits per heavy atom. The summed E-state index contributed by atoms with van der Waals surface area (Å²) < 4.78 is 22.5. The van der Waals surface area contributed by atoms with Crippen molar-refractivity contribution in [3.63, 3.8) is 0 Å². The molecule has 1 aromatic heterocycles. The van der Waals surface area contributed by atoms with Gasteiger partial charge in [-0.05, 0) is 6.92 Å². The number of allylic oxidation sites excluding steroid dienone is 1. The smallest absolute Gasteiger partial charge is 0.441 e. The van der Waals surface area contributed by atoms with E-state index in [1.165, 1.54) is 6.92 Å². The Hall–Kier alpha value is -1.63. The summed E-state index contributed by atoms with van der Waals surface area (Å²) in [5.74, 6) is -1.19. The van der Waals surface area contributed by atoms with Crippen molar-refractivity contribution in [2.45, 2.75) is 13.5 Å². The molecule has 1 rings (SSSR count). The van der Waals surface area contributed by atoms with Gasteiger partial charge in [-0.15, -0.1) is 0 Å². The number of aryl methyl sites for hydroxylation is 1. The van der Waals surface area contributed by atoms with Crippen LogP contribution in [0.15, 0.2) is 21.4 Å². The van der Waals surface area contributed by atoms with Crippen LogP contribution in [0.1, 0.15) is 5.82 Å². The van der Waals surface area contributed by atoms with Crippen LogP contribution in [0, 0.1) is 6.92 Å². The number of halogens is 1. The highest BCUT2D eigenvalue weighted by Crippen LogP contribution is 2.01. The molecule has 0 atom stereocenters. The van der Waals surface area contributed by atoms with Crippen LogP contribution in [0.4, 0.5) is 4.39 Å². The van der Waals surface area contributed by atoms with E-state index in [0.717, 1.165) is 10.8 Å². The van der Waals surface area contributed by atoms with Crippen LogP contribution in [-0.4, -0.2) is 21.6 Å². The Bertz CT molecular complexity index is 381. The standard InChI is InChI=1S/C7H9FN2O4/c1-5-9-14-7(12)10(5)2-6(8)3-13-4-11/h3,11H,2,4H2,1H3/b6-3+. The molecule has 0 aromatic carbocycles. The number of aromatic nitrogens is 2. The zero-order chi connectivity index (χ0) is 10.6. The first-order chi connectivity index (χ1) is 6.65. The van der Waals surface area contributed by atoms with Gasteiger partial charge in [0.15, 0.2) is 18.4 Å². The van der Waals surface area contributed by atoms with Crippen molar-refractivity contribution < 1.29 is 18.8 Å². The van der Waals surface area contributed by atoms with Crippen molar-refractivity contribution in [1.29, 1.82) is 0 Å². The third kappa shape index (κ3) is 2.43. The lowest BCUT2D eigenvalue weighted by atomic mass is 10.5. The van der Waals surface area contributed by atoms with Crippen molar-refractivity contribution in [3.8, 4) is 0 Å². The fourth-order valence-electron chi connectivity index (χ4n) is 0.831. The molecule has 0 spiro atoms. The summed E-state index contributed by atoms with van der Waals surface area (Å²) in [7, 11) is 0. The van der Waals surface area contributed by atoms with Gasteiger partial charge in [0.25, 0.3) is 0 Å². The average molecular weight is 204 g/mol. The first kappa shape index (κ1) is 10.5. The highest BCUT2D eigenvalue weighted by molar-refractivity contribution is 4.90. The van der Waals surface area contributed by atoms with E-state index >= 15 is 0 Å². The minimum atomic E-state index is -0.741. The molecular formula is C7H9FN2O4. The van der Waals surface area contributed by atoms with E-state index in [0.29, 0.717) is 0 Å². The van der Waals surface area contributed by atoms with Gasteiger partial charge in [-0.1, -0.05) is 5.16 Å². The van der Waals surface area contributed by atoms with Crippen molar-refractivity contribution >= 4 is 0 Å². The van der Waals surface area contributed by atoms with E-state index in [9.17, 15) is 9.18 Å². The van der Waals surface area contributed by atoms with Gasteiger partial charge < -0.3 is 9.84 Å². The molecule has 0 amide bonds. The maximum Gasteiger partial charge on any atom is 0.441 e. The van der Waals surface area contributed by atoms with E-state index in [1.54, 1.807) is 0 Å². The largest absolute Gasteiger partial charge is 0.473 e. The summed E-state index contributed by atoms with van der Waals surface area (Å²) >= 11 is 0. The first-order valence-electron chi connectivity index (χ1n) is 3.75. The van der Waals surface area contributed by atoms with Crippen LogP contribution >= 0.6 is 0 Å². The molecule has 1 heterocycles. The second-order valence-corrected chi connectivity index (χ2v) is 2.44. The lowest BCUT2D eigenvalue weighted by Gasteiger charge is -1.98. The third-order valence-electron chi connectivity index (χ3n) is 1.46. The molecule has 0 aliphatic heterocycles. The van der Waals surface area contributed by atoms with Crippen LogP contribution in [0.25, 0.3) is 0 Å². The molecule has 1 aromatic rings. The summed E-state index contributed by atoms with van der Waals surface area (Å²) in [6.07, 6.45) is 0.721. The SMILES string of the molecule is Cc1noc(=O)n1C/C(F)=C\OCO. The number of rotatable bonds is 4. The number of hydrogen-bond donors (Lipinski definition) is 1. The molecule has 78 valence electrons. The van der Waals surface area contributed by atoms with Crippen molar-refractivity contribution in [2.75, 3.05) is 6.79 Å². The number of hydrogen-bond acceptors (Lipinski definition) is 5. The summed E-state index contributed by atoms with van der Waals surface area (Å²) in [6.45, 7) is 0.560. The van der Waals surface area contributed by atoms with Crippen molar-refractivity contribution in [2.24, 2.45) is 0 Å². The maximum atomic E-state index is 12.9. The summed E-state index contributed by atoms with van der Waals surface area (Å²) in [4.78, 5) is 10.9. The van der Waals surface area contributed by atoms with Gasteiger partial charge in [0, 0.05) is 0 Å². The molecule has 14 heavy (non-hydrogen) atoms. The van der Waals surface area contributed by atoms with E-state index in [2.05, 4.69) is 14.4 Å². The molecule has 0 aliphatic carbocycles. The van der Waals surface area contributed by atoms with Gasteiger partial charge in [-0.3, -0.25) is 9.09 Å². The minimum absolute atomic E-state index is 0.266. The number of aliphatic hydroxyl groups excluding tert-OH is 1. The Morgan fingerprint density at radius 2 is 2.57 bits per heavy atom. The Kier molecular flexibility index (Phi) is 3.41. The van der Waals surface area contributed by atoms with E-state index < -0.39 is 18.4 Å². The molecule has 0 fully saturated rings. The van der Waals surface area contributed by atoms with Crippen molar-refractivity contribution in [3.05, 3.63) is 28.5 Å². The molecule has 7 heteroatoms. The highest BCUT2D eigenvalue weighted by Gasteiger charge is 2.07. The van der Waals surface area contributed by atoms with Gasteiger partial charge in [0.05, 0.1) is 6.54 Å². The lowest BCUT2D eigenvalue weighted by Crippen LogP contribution is -2.16. The molecule has 0 saturated carbocycles. The zero-order valence-electron chi connectivity index (χ0n) is 7.44. The molecule has 0 unspecified atom stereocenters. The van der Waals surface area contributed by atoms with Gasteiger partial charge in [0.1, 0.15) is 6.26 Å². The van der Waals surface area contributed by atoms with Gasteiger partial charge in [-0.25, -0.2) is 9.18 Å². The maximum absolute atomic E-state index is 12.9. The van der Waals surface area contributed by atoms with Crippen molar-refractivity contribution in [1.82, 2.24) is 9.72 Å². The highest BCUT2D eigenvalue weighted by atomic mass is 19.1. The van der Waals surface area contributed by atoms with Gasteiger partial charge >= 0.3 is 5.76 Å². The predicted molar refractivity (Wildman–Crippen MR) is 42.9 cm³/mol. The second-order valence-electron chi connectivity index (χ2n) is 2.44. The monoisotopic (exact) mass is 204 g/mol. The lowest BCUT2D eigenvalue weighted by molar-refractivity contribution is 0.0565. The third-order valence-corrected chi connectivity index (χ3v) is 1.46. The van der Waals surface area contributed by atoms with Gasteiger partial charge in [-0.2, -0.15) is 0 Å². The number of aliphatic hydroxyl groups is 1. The molecule has 6 nitrogen and oxygen atoms in total. The molecule has 0 aliphatic rings. The quantitative estimate of drug-likeness (QED) is 0.548. The average Bonchev–Trinajstić information content (AvgIpc) is 2.46. The summed E-state index contributed by atoms with van der Waals surface area (Å²) in [6, 6.07) is 0. The van der Waals surface area contributed by atoms with Gasteiger partial charge in [0.2, 0.25) is 0 Å². The molecular weight excluding hydrogens is 195 g/mol. The van der Waals surface area contributed by atoms with Crippen LogP contribution in [-0.2, 0) is 11.3 Å². The Labute approximate surface area is 78.2 Å². The normalized spacial score (nSPS) is 11.8. The fourth-order valence-corrected chi connectivity index (χ4v) is 0.831. The van der Waals surface area contributed by atoms with Crippen LogP contribution in [0.2, 0.25) is 0 Å². The first-order valence-corrected chi connectivity index (χ1v) is 3.75. The van der Waals surface area contributed by atoms with Crippen LogP contribution < -0.4 is 5.76 Å². The molecule has 0 bridgehead atoms. The zero-order valence-corrected chi connectivity index (χ0v) is 7.44. The Balaban J connectivity index is 2.74. The molecule has 1 N–H and O–H groups in total. The molecule has 0 radical (unpaired) electrons. The van der Waals surface area contributed by atoms with E-state index in [-0.39, 0.29) is 12.4 Å². The van der Waals surface area contributed by atoms with E-state index in [1.807, 2.05) is 0 Å². The minimum Gasteiger partial charge on any atom is -0.473 e. The molecule has 0 saturated heterocycles. The van der Waals surface area contributed by atoms with E-state index in [4.69, 9.17) is 5.11 Å². The van der Waals surface area contributed by atoms with Crippen LogP contribution in [0.5, 0.6) is 0 Å². The number of ether oxygens (including phenoxy) is 1. The predicted octanol–water partition coefficient (Wildman–Crippen LogP) is -0.0780. The second kappa shape index (κ2) is 4.56. The Morgan fingerprint density at radius 3 is 3.07 bits per heavy atom. The van der Waals surface area contributed by atoms with Crippen LogP contribution in [0.3, 0.4) is 0 Å². The summed E-state index contributed by atoms with van der Waals surface area (Å²) in [5.41, 5.74) is 0. The fraction of sp³-hybridized carbons (Fsp3) is 0.429. The summed E-state index contributed by atoms with van der Waals surface area (Å²) in [5, 5.41) is 11.6. The topological polar surface area (TPSA) is 77.5 Å².